The third-order valence-electron chi connectivity index (χ3n) is 3.09. The number of nitrogens with one attached hydrogen (secondary N) is 1. The maximum absolute atomic E-state index is 12.5. The van der Waals surface area contributed by atoms with E-state index in [4.69, 9.17) is 22.1 Å². The number of hydrogen-bond acceptors (Lipinski definition) is 4. The highest BCUT2D eigenvalue weighted by Gasteiger charge is 2.32. The zero-order valence-electron chi connectivity index (χ0n) is 10.8. The summed E-state index contributed by atoms with van der Waals surface area (Å²) >= 11 is 5.76. The number of carbonyl (C=O) groups excluding carboxylic acids is 1. The molecule has 9 heteroatoms. The molecule has 0 aliphatic carbocycles. The van der Waals surface area contributed by atoms with Crippen LogP contribution in [-0.2, 0) is 15.7 Å². The topological polar surface area (TPSA) is 77.2 Å². The molecule has 0 spiro atoms. The number of hydrogen-bond donors (Lipinski definition) is 2. The number of ether oxygens (including phenoxy) is 1. The molecule has 2 heterocycles. The van der Waals surface area contributed by atoms with Crippen molar-refractivity contribution in [2.75, 3.05) is 11.9 Å². The number of nitrogens with zero attached hydrogens (tertiary/aromatic N) is 1. The Labute approximate surface area is 123 Å². The molecule has 1 fully saturated rings. The first-order valence-electron chi connectivity index (χ1n) is 6.18. The molecule has 0 bridgehead atoms. The lowest BCUT2D eigenvalue weighted by atomic mass is 10.2. The average Bonchev–Trinajstić information content (AvgIpc) is 2.85. The Bertz CT molecular complexity index is 539. The normalized spacial score (nSPS) is 22.3. The molecule has 1 aliphatic heterocycles. The number of amides is 1. The van der Waals surface area contributed by atoms with Gasteiger partial charge in [0.15, 0.2) is 0 Å². The SMILES string of the molecule is NC(=O)C1CCC(CNc2ncc(C(F)(F)F)cc2Cl)O1. The van der Waals surface area contributed by atoms with Crippen LogP contribution in [0.15, 0.2) is 12.3 Å². The molecule has 5 nitrogen and oxygen atoms in total. The van der Waals surface area contributed by atoms with E-state index >= 15 is 0 Å². The molecule has 0 saturated carbocycles. The molecule has 116 valence electrons. The maximum atomic E-state index is 12.5. The van der Waals surface area contributed by atoms with Crippen LogP contribution < -0.4 is 11.1 Å². The highest BCUT2D eigenvalue weighted by molar-refractivity contribution is 6.32. The summed E-state index contributed by atoms with van der Waals surface area (Å²) in [6, 6.07) is 0.804. The summed E-state index contributed by atoms with van der Waals surface area (Å²) in [5.74, 6) is -0.390. The molecular formula is C12H13ClF3N3O2. The van der Waals surface area contributed by atoms with E-state index in [1.165, 1.54) is 0 Å². The van der Waals surface area contributed by atoms with Gasteiger partial charge in [0, 0.05) is 12.7 Å². The van der Waals surface area contributed by atoms with Gasteiger partial charge in [0.05, 0.1) is 16.7 Å². The quantitative estimate of drug-likeness (QED) is 0.890. The highest BCUT2D eigenvalue weighted by Crippen LogP contribution is 2.32. The Morgan fingerprint density at radius 1 is 1.52 bits per heavy atom. The molecule has 1 amide bonds. The highest BCUT2D eigenvalue weighted by atomic mass is 35.5. The third kappa shape index (κ3) is 3.98. The second kappa shape index (κ2) is 6.07. The molecule has 2 unspecified atom stereocenters. The number of rotatable bonds is 4. The van der Waals surface area contributed by atoms with Gasteiger partial charge in [-0.05, 0) is 18.9 Å². The van der Waals surface area contributed by atoms with Crippen molar-refractivity contribution in [1.29, 1.82) is 0 Å². The van der Waals surface area contributed by atoms with Crippen LogP contribution in [0.25, 0.3) is 0 Å². The van der Waals surface area contributed by atoms with Crippen LogP contribution in [0.4, 0.5) is 19.0 Å². The van der Waals surface area contributed by atoms with E-state index in [1.807, 2.05) is 0 Å². The smallest absolute Gasteiger partial charge is 0.367 e. The van der Waals surface area contributed by atoms with Crippen molar-refractivity contribution in [3.63, 3.8) is 0 Å². The summed E-state index contributed by atoms with van der Waals surface area (Å²) in [5, 5.41) is 2.68. The summed E-state index contributed by atoms with van der Waals surface area (Å²) in [5.41, 5.74) is 4.21. The van der Waals surface area contributed by atoms with E-state index < -0.39 is 23.8 Å². The van der Waals surface area contributed by atoms with Crippen LogP contribution in [0.1, 0.15) is 18.4 Å². The first kappa shape index (κ1) is 15.8. The van der Waals surface area contributed by atoms with E-state index in [9.17, 15) is 18.0 Å². The summed E-state index contributed by atoms with van der Waals surface area (Å²) in [6.07, 6.45) is -3.51. The van der Waals surface area contributed by atoms with E-state index in [0.29, 0.717) is 19.0 Å². The van der Waals surface area contributed by atoms with Gasteiger partial charge in [0.2, 0.25) is 5.91 Å². The van der Waals surface area contributed by atoms with Crippen molar-refractivity contribution in [3.05, 3.63) is 22.8 Å². The van der Waals surface area contributed by atoms with Gasteiger partial charge >= 0.3 is 6.18 Å². The summed E-state index contributed by atoms with van der Waals surface area (Å²) < 4.78 is 42.8. The molecule has 3 N–H and O–H groups in total. The van der Waals surface area contributed by atoms with Crippen LogP contribution in [0.2, 0.25) is 5.02 Å². The van der Waals surface area contributed by atoms with Crippen molar-refractivity contribution in [2.45, 2.75) is 31.2 Å². The van der Waals surface area contributed by atoms with E-state index in [-0.39, 0.29) is 23.5 Å². The second-order valence-electron chi connectivity index (χ2n) is 4.66. The summed E-state index contributed by atoms with van der Waals surface area (Å²) in [4.78, 5) is 14.6. The molecule has 1 aliphatic rings. The number of pyridine rings is 1. The fourth-order valence-corrected chi connectivity index (χ4v) is 2.23. The van der Waals surface area contributed by atoms with Gasteiger partial charge in [-0.25, -0.2) is 4.98 Å². The van der Waals surface area contributed by atoms with Gasteiger partial charge in [0.25, 0.3) is 0 Å². The van der Waals surface area contributed by atoms with Crippen LogP contribution >= 0.6 is 11.6 Å². The van der Waals surface area contributed by atoms with Crippen LogP contribution in [0, 0.1) is 0 Å². The fraction of sp³-hybridized carbons (Fsp3) is 0.500. The zero-order valence-corrected chi connectivity index (χ0v) is 11.5. The second-order valence-corrected chi connectivity index (χ2v) is 5.07. The van der Waals surface area contributed by atoms with Crippen molar-refractivity contribution < 1.29 is 22.7 Å². The number of anilines is 1. The number of primary amides is 1. The predicted molar refractivity (Wildman–Crippen MR) is 69.8 cm³/mol. The maximum Gasteiger partial charge on any atom is 0.417 e. The lowest BCUT2D eigenvalue weighted by Gasteiger charge is -2.14. The van der Waals surface area contributed by atoms with Crippen molar-refractivity contribution in [1.82, 2.24) is 4.98 Å². The molecule has 2 rings (SSSR count). The van der Waals surface area contributed by atoms with Crippen molar-refractivity contribution in [2.24, 2.45) is 5.73 Å². The van der Waals surface area contributed by atoms with E-state index in [0.717, 1.165) is 6.07 Å². The van der Waals surface area contributed by atoms with Crippen LogP contribution in [0.3, 0.4) is 0 Å². The first-order valence-corrected chi connectivity index (χ1v) is 6.56. The lowest BCUT2D eigenvalue weighted by Crippen LogP contribution is -2.30. The van der Waals surface area contributed by atoms with Crippen molar-refractivity contribution in [3.8, 4) is 0 Å². The number of halogens is 4. The van der Waals surface area contributed by atoms with E-state index in [2.05, 4.69) is 10.3 Å². The monoisotopic (exact) mass is 323 g/mol. The Kier molecular flexibility index (Phi) is 4.58. The molecule has 1 saturated heterocycles. The van der Waals surface area contributed by atoms with Gasteiger partial charge in [0.1, 0.15) is 11.9 Å². The Morgan fingerprint density at radius 3 is 2.76 bits per heavy atom. The number of nitrogens with two attached hydrogens (primary N) is 1. The zero-order chi connectivity index (χ0) is 15.6. The van der Waals surface area contributed by atoms with Gasteiger partial charge < -0.3 is 15.8 Å². The predicted octanol–water partition coefficient (Wildman–Crippen LogP) is 2.20. The number of alkyl halides is 3. The number of carbonyl (C=O) groups is 1. The van der Waals surface area contributed by atoms with Crippen LogP contribution in [-0.4, -0.2) is 29.6 Å². The fourth-order valence-electron chi connectivity index (χ4n) is 2.00. The summed E-state index contributed by atoms with van der Waals surface area (Å²) in [7, 11) is 0. The average molecular weight is 324 g/mol. The minimum Gasteiger partial charge on any atom is -0.367 e. The summed E-state index contributed by atoms with van der Waals surface area (Å²) in [6.45, 7) is 0.280. The van der Waals surface area contributed by atoms with E-state index in [1.54, 1.807) is 0 Å². The Balaban J connectivity index is 1.94. The van der Waals surface area contributed by atoms with Crippen molar-refractivity contribution >= 4 is 23.3 Å². The third-order valence-corrected chi connectivity index (χ3v) is 3.38. The molecule has 1 aromatic rings. The van der Waals surface area contributed by atoms with Gasteiger partial charge in [-0.15, -0.1) is 0 Å². The lowest BCUT2D eigenvalue weighted by molar-refractivity contribution is -0.137. The number of aromatic nitrogens is 1. The molecule has 1 aromatic heterocycles. The minimum absolute atomic E-state index is 0.130. The first-order chi connectivity index (χ1) is 9.77. The van der Waals surface area contributed by atoms with Gasteiger partial charge in [-0.1, -0.05) is 11.6 Å². The van der Waals surface area contributed by atoms with Gasteiger partial charge in [-0.3, -0.25) is 4.79 Å². The van der Waals surface area contributed by atoms with Crippen LogP contribution in [0.5, 0.6) is 0 Å². The molecule has 21 heavy (non-hydrogen) atoms. The molecule has 0 aromatic carbocycles. The molecular weight excluding hydrogens is 311 g/mol. The van der Waals surface area contributed by atoms with Gasteiger partial charge in [-0.2, -0.15) is 13.2 Å². The minimum atomic E-state index is -4.49. The Morgan fingerprint density at radius 2 is 2.24 bits per heavy atom. The largest absolute Gasteiger partial charge is 0.417 e. The molecule has 0 radical (unpaired) electrons. The standard InChI is InChI=1S/C12H13ClF3N3O2/c13-8-3-6(12(14,15)16)4-18-11(8)19-5-7-1-2-9(21-7)10(17)20/h3-4,7,9H,1-2,5H2,(H2,17,20)(H,18,19). The molecule has 2 atom stereocenters. The Hall–Kier alpha value is -1.54.